The van der Waals surface area contributed by atoms with Crippen LogP contribution >= 0.6 is 11.5 Å². The standard InChI is InChI=1S/C19H28N4O3S/c1-14(2)23(10-8-18(24)20-9-11-25-3)19-21-17(22-27-19)13-15-6-5-7-16(12-15)26-4/h5-7,12,14H,8-11,13H2,1-4H3,(H,20,24). The highest BCUT2D eigenvalue weighted by atomic mass is 32.1. The summed E-state index contributed by atoms with van der Waals surface area (Å²) < 4.78 is 14.7. The van der Waals surface area contributed by atoms with Gasteiger partial charge in [-0.15, -0.1) is 0 Å². The number of methoxy groups -OCH3 is 2. The minimum atomic E-state index is 0.0128. The summed E-state index contributed by atoms with van der Waals surface area (Å²) >= 11 is 1.37. The topological polar surface area (TPSA) is 76.6 Å². The van der Waals surface area contributed by atoms with Gasteiger partial charge in [-0.05, 0) is 31.5 Å². The molecule has 8 heteroatoms. The lowest BCUT2D eigenvalue weighted by Gasteiger charge is -2.25. The molecule has 0 aliphatic heterocycles. The number of anilines is 1. The van der Waals surface area contributed by atoms with Gasteiger partial charge < -0.3 is 19.7 Å². The number of nitrogens with one attached hydrogen (secondary N) is 1. The van der Waals surface area contributed by atoms with Gasteiger partial charge in [-0.3, -0.25) is 4.79 Å². The first kappa shape index (κ1) is 21.1. The zero-order valence-electron chi connectivity index (χ0n) is 16.4. The number of nitrogens with zero attached hydrogens (tertiary/aromatic N) is 3. The van der Waals surface area contributed by atoms with Crippen LogP contribution in [-0.2, 0) is 16.0 Å². The highest BCUT2D eigenvalue weighted by Crippen LogP contribution is 2.22. The molecule has 2 aromatic rings. The van der Waals surface area contributed by atoms with Crippen LogP contribution in [0.15, 0.2) is 24.3 Å². The van der Waals surface area contributed by atoms with Crippen molar-refractivity contribution < 1.29 is 14.3 Å². The molecule has 1 amide bonds. The maximum absolute atomic E-state index is 11.9. The summed E-state index contributed by atoms with van der Waals surface area (Å²) in [7, 11) is 3.27. The lowest BCUT2D eigenvalue weighted by molar-refractivity contribution is -0.121. The maximum Gasteiger partial charge on any atom is 0.221 e. The number of carbonyl (C=O) groups excluding carboxylic acids is 1. The van der Waals surface area contributed by atoms with E-state index in [2.05, 4.69) is 33.4 Å². The second-order valence-corrected chi connectivity index (χ2v) is 7.13. The predicted molar refractivity (Wildman–Crippen MR) is 108 cm³/mol. The SMILES string of the molecule is COCCNC(=O)CCN(c1nc(Cc2cccc(OC)c2)ns1)C(C)C. The van der Waals surface area contributed by atoms with E-state index in [0.717, 1.165) is 22.3 Å². The van der Waals surface area contributed by atoms with E-state index in [-0.39, 0.29) is 11.9 Å². The van der Waals surface area contributed by atoms with Gasteiger partial charge in [-0.1, -0.05) is 12.1 Å². The third kappa shape index (κ3) is 6.80. The van der Waals surface area contributed by atoms with E-state index in [9.17, 15) is 4.79 Å². The van der Waals surface area contributed by atoms with Gasteiger partial charge in [0.1, 0.15) is 11.6 Å². The number of ether oxygens (including phenoxy) is 2. The molecule has 0 aliphatic rings. The third-order valence-electron chi connectivity index (χ3n) is 4.03. The Labute approximate surface area is 164 Å². The summed E-state index contributed by atoms with van der Waals surface area (Å²) in [5.41, 5.74) is 1.10. The first-order chi connectivity index (χ1) is 13.0. The quantitative estimate of drug-likeness (QED) is 0.592. The highest BCUT2D eigenvalue weighted by Gasteiger charge is 2.17. The first-order valence-corrected chi connectivity index (χ1v) is 9.78. The fourth-order valence-electron chi connectivity index (χ4n) is 2.58. The second kappa shape index (κ2) is 10.8. The average molecular weight is 393 g/mol. The molecule has 1 N–H and O–H groups in total. The fourth-order valence-corrected chi connectivity index (χ4v) is 3.42. The molecule has 0 saturated heterocycles. The van der Waals surface area contributed by atoms with E-state index in [1.54, 1.807) is 14.2 Å². The van der Waals surface area contributed by atoms with Crippen LogP contribution in [0.5, 0.6) is 5.75 Å². The molecule has 7 nitrogen and oxygen atoms in total. The second-order valence-electron chi connectivity index (χ2n) is 6.40. The first-order valence-electron chi connectivity index (χ1n) is 9.01. The van der Waals surface area contributed by atoms with E-state index in [1.807, 2.05) is 24.3 Å². The fraction of sp³-hybridized carbons (Fsp3) is 0.526. The molecule has 0 bridgehead atoms. The van der Waals surface area contributed by atoms with Crippen molar-refractivity contribution in [1.29, 1.82) is 0 Å². The summed E-state index contributed by atoms with van der Waals surface area (Å²) in [6, 6.07) is 8.14. The van der Waals surface area contributed by atoms with E-state index >= 15 is 0 Å². The van der Waals surface area contributed by atoms with Gasteiger partial charge >= 0.3 is 0 Å². The van der Waals surface area contributed by atoms with E-state index in [0.29, 0.717) is 32.5 Å². The van der Waals surface area contributed by atoms with Crippen LogP contribution in [0.2, 0.25) is 0 Å². The maximum atomic E-state index is 11.9. The summed E-state index contributed by atoms with van der Waals surface area (Å²) in [5.74, 6) is 1.61. The Morgan fingerprint density at radius 3 is 2.85 bits per heavy atom. The zero-order chi connectivity index (χ0) is 19.6. The summed E-state index contributed by atoms with van der Waals surface area (Å²) in [4.78, 5) is 18.7. The smallest absolute Gasteiger partial charge is 0.221 e. The number of rotatable bonds is 11. The minimum absolute atomic E-state index is 0.0128. The van der Waals surface area contributed by atoms with Gasteiger partial charge in [0.2, 0.25) is 11.0 Å². The lowest BCUT2D eigenvalue weighted by Crippen LogP contribution is -2.36. The molecule has 2 rings (SSSR count). The molecule has 27 heavy (non-hydrogen) atoms. The third-order valence-corrected chi connectivity index (χ3v) is 4.82. The van der Waals surface area contributed by atoms with Crippen LogP contribution in [0.25, 0.3) is 0 Å². The van der Waals surface area contributed by atoms with Crippen LogP contribution < -0.4 is 15.0 Å². The Balaban J connectivity index is 1.96. The molecular formula is C19H28N4O3S. The number of amides is 1. The van der Waals surface area contributed by atoms with Crippen molar-refractivity contribution >= 4 is 22.6 Å². The molecule has 0 unspecified atom stereocenters. The molecule has 0 aliphatic carbocycles. The Kier molecular flexibility index (Phi) is 8.47. The largest absolute Gasteiger partial charge is 0.497 e. The van der Waals surface area contributed by atoms with Crippen LogP contribution in [0.1, 0.15) is 31.7 Å². The average Bonchev–Trinajstić information content (AvgIpc) is 3.10. The number of hydrogen-bond acceptors (Lipinski definition) is 7. The summed E-state index contributed by atoms with van der Waals surface area (Å²) in [6.45, 7) is 5.83. The van der Waals surface area contributed by atoms with Crippen LogP contribution in [0.3, 0.4) is 0 Å². The van der Waals surface area contributed by atoms with E-state index in [4.69, 9.17) is 9.47 Å². The van der Waals surface area contributed by atoms with Crippen molar-refractivity contribution in [2.75, 3.05) is 38.8 Å². The van der Waals surface area contributed by atoms with Crippen molar-refractivity contribution in [3.8, 4) is 5.75 Å². The van der Waals surface area contributed by atoms with Crippen molar-refractivity contribution in [3.05, 3.63) is 35.7 Å². The highest BCUT2D eigenvalue weighted by molar-refractivity contribution is 7.09. The van der Waals surface area contributed by atoms with Crippen LogP contribution in [0.4, 0.5) is 5.13 Å². The summed E-state index contributed by atoms with van der Waals surface area (Å²) in [6.07, 6.45) is 1.06. The van der Waals surface area contributed by atoms with Crippen LogP contribution in [0, 0.1) is 0 Å². The van der Waals surface area contributed by atoms with Gasteiger partial charge in [0.05, 0.1) is 13.7 Å². The molecule has 0 saturated carbocycles. The summed E-state index contributed by atoms with van der Waals surface area (Å²) in [5, 5.41) is 3.68. The molecule has 0 radical (unpaired) electrons. The number of benzene rings is 1. The van der Waals surface area contributed by atoms with Crippen molar-refractivity contribution in [2.45, 2.75) is 32.7 Å². The van der Waals surface area contributed by atoms with E-state index < -0.39 is 0 Å². The molecular weight excluding hydrogens is 364 g/mol. The van der Waals surface area contributed by atoms with Gasteiger partial charge in [0.15, 0.2) is 0 Å². The molecule has 0 fully saturated rings. The Bertz CT molecular complexity index is 720. The Hall–Kier alpha value is -2.19. The van der Waals surface area contributed by atoms with E-state index in [1.165, 1.54) is 11.5 Å². The zero-order valence-corrected chi connectivity index (χ0v) is 17.2. The predicted octanol–water partition coefficient (Wildman–Crippen LogP) is 2.50. The molecule has 1 aromatic carbocycles. The molecule has 0 atom stereocenters. The van der Waals surface area contributed by atoms with Gasteiger partial charge in [-0.2, -0.15) is 4.37 Å². The van der Waals surface area contributed by atoms with Crippen molar-refractivity contribution in [3.63, 3.8) is 0 Å². The van der Waals surface area contributed by atoms with Crippen molar-refractivity contribution in [1.82, 2.24) is 14.7 Å². The number of hydrogen-bond donors (Lipinski definition) is 1. The van der Waals surface area contributed by atoms with Gasteiger partial charge in [0, 0.05) is 50.6 Å². The number of aromatic nitrogens is 2. The Morgan fingerprint density at radius 1 is 1.33 bits per heavy atom. The minimum Gasteiger partial charge on any atom is -0.497 e. The Morgan fingerprint density at radius 2 is 2.15 bits per heavy atom. The molecule has 0 spiro atoms. The lowest BCUT2D eigenvalue weighted by atomic mass is 10.1. The molecule has 148 valence electrons. The van der Waals surface area contributed by atoms with Gasteiger partial charge in [0.25, 0.3) is 0 Å². The van der Waals surface area contributed by atoms with Gasteiger partial charge in [-0.25, -0.2) is 4.98 Å². The normalized spacial score (nSPS) is 10.9. The monoisotopic (exact) mass is 392 g/mol. The molecule has 1 aromatic heterocycles. The van der Waals surface area contributed by atoms with Crippen molar-refractivity contribution in [2.24, 2.45) is 0 Å². The number of carbonyl (C=O) groups is 1. The molecule has 1 heterocycles. The van der Waals surface area contributed by atoms with Crippen LogP contribution in [-0.4, -0.2) is 55.2 Å².